The predicted octanol–water partition coefficient (Wildman–Crippen LogP) is -2.24. The average Bonchev–Trinajstić information content (AvgIpc) is 2.51. The number of aromatic amines is 1. The molecule has 1 aromatic heterocycles. The molecule has 0 spiro atoms. The topological polar surface area (TPSA) is 131 Å². The lowest BCUT2D eigenvalue weighted by molar-refractivity contribution is -0.0349. The fourth-order valence-electron chi connectivity index (χ4n) is 1.75. The van der Waals surface area contributed by atoms with Crippen LogP contribution in [0.4, 0.5) is 5.69 Å². The van der Waals surface area contributed by atoms with Crippen molar-refractivity contribution in [2.45, 2.75) is 31.5 Å². The number of rotatable bonds is 1. The Bertz CT molecular complexity index is 536. The van der Waals surface area contributed by atoms with Crippen molar-refractivity contribution in [1.29, 1.82) is 0 Å². The third kappa shape index (κ3) is 1.86. The summed E-state index contributed by atoms with van der Waals surface area (Å²) in [7, 11) is 0. The molecule has 8 heteroatoms. The summed E-state index contributed by atoms with van der Waals surface area (Å²) in [6, 6.07) is 0. The third-order valence-electron chi connectivity index (χ3n) is 2.75. The Balaban J connectivity index is 2.46. The van der Waals surface area contributed by atoms with Crippen molar-refractivity contribution in [2.75, 3.05) is 5.73 Å². The molecular formula is C9H13N3O5. The lowest BCUT2D eigenvalue weighted by atomic mass is 10.1. The van der Waals surface area contributed by atoms with Gasteiger partial charge in [-0.2, -0.15) is 0 Å². The Hall–Kier alpha value is -1.64. The lowest BCUT2D eigenvalue weighted by Crippen LogP contribution is -2.38. The number of hydrogen-bond donors (Lipinski definition) is 4. The van der Waals surface area contributed by atoms with Crippen LogP contribution in [-0.4, -0.2) is 38.1 Å². The summed E-state index contributed by atoms with van der Waals surface area (Å²) >= 11 is 0. The lowest BCUT2D eigenvalue weighted by Gasteiger charge is -2.17. The highest BCUT2D eigenvalue weighted by molar-refractivity contribution is 5.30. The van der Waals surface area contributed by atoms with E-state index in [1.807, 2.05) is 4.98 Å². The number of aliphatic hydroxyl groups is 2. The van der Waals surface area contributed by atoms with Gasteiger partial charge in [-0.25, -0.2) is 4.79 Å². The van der Waals surface area contributed by atoms with Crippen molar-refractivity contribution in [3.05, 3.63) is 27.0 Å². The van der Waals surface area contributed by atoms with Crippen LogP contribution in [-0.2, 0) is 4.74 Å². The van der Waals surface area contributed by atoms with Gasteiger partial charge in [0.2, 0.25) is 0 Å². The zero-order chi connectivity index (χ0) is 12.7. The van der Waals surface area contributed by atoms with E-state index < -0.39 is 35.8 Å². The van der Waals surface area contributed by atoms with Crippen LogP contribution in [0.25, 0.3) is 0 Å². The zero-order valence-electron chi connectivity index (χ0n) is 9.03. The molecule has 1 saturated heterocycles. The van der Waals surface area contributed by atoms with Crippen LogP contribution >= 0.6 is 0 Å². The van der Waals surface area contributed by atoms with Crippen LogP contribution in [0.1, 0.15) is 13.2 Å². The van der Waals surface area contributed by atoms with Crippen LogP contribution in [0.5, 0.6) is 0 Å². The Morgan fingerprint density at radius 1 is 1.41 bits per heavy atom. The number of nitrogen functional groups attached to an aromatic ring is 1. The van der Waals surface area contributed by atoms with E-state index in [2.05, 4.69) is 0 Å². The summed E-state index contributed by atoms with van der Waals surface area (Å²) in [6.45, 7) is 1.56. The van der Waals surface area contributed by atoms with E-state index in [1.165, 1.54) is 0 Å². The monoisotopic (exact) mass is 243 g/mol. The normalized spacial score (nSPS) is 32.9. The van der Waals surface area contributed by atoms with E-state index in [-0.39, 0.29) is 5.69 Å². The van der Waals surface area contributed by atoms with Gasteiger partial charge in [-0.3, -0.25) is 14.3 Å². The number of aromatic nitrogens is 2. The fraction of sp³-hybridized carbons (Fsp3) is 0.556. The minimum absolute atomic E-state index is 0.172. The molecule has 0 bridgehead atoms. The summed E-state index contributed by atoms with van der Waals surface area (Å²) in [5, 5.41) is 19.2. The molecule has 1 aromatic rings. The van der Waals surface area contributed by atoms with Gasteiger partial charge < -0.3 is 20.7 Å². The molecule has 8 nitrogen and oxygen atoms in total. The molecule has 1 fully saturated rings. The van der Waals surface area contributed by atoms with Gasteiger partial charge in [0, 0.05) is 6.20 Å². The van der Waals surface area contributed by atoms with Crippen LogP contribution in [0, 0.1) is 0 Å². The van der Waals surface area contributed by atoms with E-state index in [0.29, 0.717) is 0 Å². The van der Waals surface area contributed by atoms with Crippen LogP contribution in [0.2, 0.25) is 0 Å². The molecular weight excluding hydrogens is 230 g/mol. The van der Waals surface area contributed by atoms with Gasteiger partial charge in [-0.15, -0.1) is 0 Å². The molecule has 17 heavy (non-hydrogen) atoms. The van der Waals surface area contributed by atoms with Crippen LogP contribution in [0.15, 0.2) is 15.8 Å². The van der Waals surface area contributed by atoms with E-state index in [9.17, 15) is 19.8 Å². The van der Waals surface area contributed by atoms with Gasteiger partial charge in [-0.05, 0) is 6.92 Å². The minimum atomic E-state index is -1.26. The Kier molecular flexibility index (Phi) is 2.77. The average molecular weight is 243 g/mol. The first-order valence-corrected chi connectivity index (χ1v) is 5.04. The minimum Gasteiger partial charge on any atom is -0.393 e. The summed E-state index contributed by atoms with van der Waals surface area (Å²) < 4.78 is 6.19. The summed E-state index contributed by atoms with van der Waals surface area (Å²) in [5.74, 6) is 0. The molecule has 2 unspecified atom stereocenters. The van der Waals surface area contributed by atoms with E-state index in [1.54, 1.807) is 6.92 Å². The second kappa shape index (κ2) is 3.99. The number of nitrogens with one attached hydrogen (secondary N) is 1. The highest BCUT2D eigenvalue weighted by Crippen LogP contribution is 2.27. The number of anilines is 1. The van der Waals surface area contributed by atoms with Crippen LogP contribution < -0.4 is 17.0 Å². The molecule has 0 radical (unpaired) electrons. The van der Waals surface area contributed by atoms with E-state index in [0.717, 1.165) is 10.8 Å². The van der Waals surface area contributed by atoms with Gasteiger partial charge in [0.15, 0.2) is 6.23 Å². The van der Waals surface area contributed by atoms with Crippen molar-refractivity contribution in [3.8, 4) is 0 Å². The van der Waals surface area contributed by atoms with Crippen molar-refractivity contribution in [1.82, 2.24) is 9.55 Å². The maximum atomic E-state index is 11.5. The molecule has 1 aliphatic rings. The molecule has 4 atom stereocenters. The molecule has 0 amide bonds. The number of nitrogens with two attached hydrogens (primary N) is 1. The molecule has 94 valence electrons. The van der Waals surface area contributed by atoms with Crippen molar-refractivity contribution in [2.24, 2.45) is 0 Å². The Morgan fingerprint density at radius 2 is 2.06 bits per heavy atom. The van der Waals surface area contributed by atoms with Gasteiger partial charge in [-0.1, -0.05) is 0 Å². The number of nitrogens with zero attached hydrogens (tertiary/aromatic N) is 1. The number of hydrogen-bond acceptors (Lipinski definition) is 6. The number of aliphatic hydroxyl groups excluding tert-OH is 2. The molecule has 5 N–H and O–H groups in total. The van der Waals surface area contributed by atoms with Gasteiger partial charge in [0.05, 0.1) is 6.10 Å². The van der Waals surface area contributed by atoms with Crippen molar-refractivity contribution >= 4 is 5.69 Å². The van der Waals surface area contributed by atoms with Gasteiger partial charge in [0.1, 0.15) is 17.9 Å². The first kappa shape index (κ1) is 11.8. The molecule has 0 aliphatic carbocycles. The smallest absolute Gasteiger partial charge is 0.330 e. The number of ether oxygens (including phenoxy) is 1. The van der Waals surface area contributed by atoms with Crippen molar-refractivity contribution in [3.63, 3.8) is 0 Å². The second-order valence-corrected chi connectivity index (χ2v) is 3.96. The first-order chi connectivity index (χ1) is 7.91. The second-order valence-electron chi connectivity index (χ2n) is 3.96. The maximum absolute atomic E-state index is 11.5. The fourth-order valence-corrected chi connectivity index (χ4v) is 1.75. The molecule has 1 aliphatic heterocycles. The highest BCUT2D eigenvalue weighted by atomic mass is 16.6. The SMILES string of the molecule is C[C@@H]1O[C@H](n2cc(N)c(=O)[nH]c2=O)C(O)C1O. The molecule has 2 rings (SSSR count). The van der Waals surface area contributed by atoms with Crippen molar-refractivity contribution < 1.29 is 14.9 Å². The quantitative estimate of drug-likeness (QED) is 0.441. The first-order valence-electron chi connectivity index (χ1n) is 5.04. The third-order valence-corrected chi connectivity index (χ3v) is 2.75. The molecule has 0 saturated carbocycles. The van der Waals surface area contributed by atoms with Gasteiger partial charge in [0.25, 0.3) is 5.56 Å². The summed E-state index contributed by atoms with van der Waals surface area (Å²) in [6.07, 6.45) is -2.95. The molecule has 2 heterocycles. The summed E-state index contributed by atoms with van der Waals surface area (Å²) in [4.78, 5) is 24.6. The Morgan fingerprint density at radius 3 is 2.59 bits per heavy atom. The highest BCUT2D eigenvalue weighted by Gasteiger charge is 2.41. The largest absolute Gasteiger partial charge is 0.393 e. The zero-order valence-corrected chi connectivity index (χ0v) is 9.03. The van der Waals surface area contributed by atoms with E-state index >= 15 is 0 Å². The molecule has 0 aromatic carbocycles. The summed E-state index contributed by atoms with van der Waals surface area (Å²) in [5.41, 5.74) is 3.74. The Labute approximate surface area is 95.3 Å². The number of H-pyrrole nitrogens is 1. The van der Waals surface area contributed by atoms with Gasteiger partial charge >= 0.3 is 5.69 Å². The van der Waals surface area contributed by atoms with Crippen LogP contribution in [0.3, 0.4) is 0 Å². The maximum Gasteiger partial charge on any atom is 0.330 e. The standard InChI is InChI=1S/C9H13N3O5/c1-3-5(13)6(14)8(17-3)12-2-4(10)7(15)11-9(12)16/h2-3,5-6,8,13-14H,10H2,1H3,(H,11,15,16)/t3-,5?,6?,8-/m0/s1. The van der Waals surface area contributed by atoms with E-state index in [4.69, 9.17) is 10.5 Å². The predicted molar refractivity (Wildman–Crippen MR) is 57.3 cm³/mol.